The number of aromatic nitrogens is 2. The lowest BCUT2D eigenvalue weighted by Crippen LogP contribution is -2.32. The molecule has 3 rings (SSSR count). The van der Waals surface area contributed by atoms with Crippen molar-refractivity contribution in [2.45, 2.75) is 53.0 Å². The van der Waals surface area contributed by atoms with Crippen molar-refractivity contribution in [1.82, 2.24) is 19.8 Å². The van der Waals surface area contributed by atoms with Crippen LogP contribution in [0.4, 0.5) is 4.39 Å². The molecule has 5 nitrogen and oxygen atoms in total. The van der Waals surface area contributed by atoms with Crippen LogP contribution in [0, 0.1) is 19.7 Å². The van der Waals surface area contributed by atoms with Crippen molar-refractivity contribution in [2.75, 3.05) is 26.2 Å². The highest BCUT2D eigenvalue weighted by molar-refractivity contribution is 5.79. The van der Waals surface area contributed by atoms with Crippen LogP contribution in [0.15, 0.2) is 24.3 Å². The van der Waals surface area contributed by atoms with Crippen molar-refractivity contribution in [3.05, 3.63) is 58.4 Å². The molecule has 1 fully saturated rings. The predicted molar refractivity (Wildman–Crippen MR) is 112 cm³/mol. The third kappa shape index (κ3) is 5.18. The summed E-state index contributed by atoms with van der Waals surface area (Å²) >= 11 is 0. The fourth-order valence-corrected chi connectivity index (χ4v) is 4.08. The smallest absolute Gasteiger partial charge is 0.227 e. The molecular formula is C23H31FN4O. The van der Waals surface area contributed by atoms with E-state index in [4.69, 9.17) is 9.97 Å². The van der Waals surface area contributed by atoms with E-state index in [0.717, 1.165) is 67.5 Å². The lowest BCUT2D eigenvalue weighted by atomic mass is 10.0. The van der Waals surface area contributed by atoms with Gasteiger partial charge in [-0.15, -0.1) is 0 Å². The molecule has 0 N–H and O–H groups in total. The molecule has 0 spiro atoms. The highest BCUT2D eigenvalue weighted by atomic mass is 19.1. The Labute approximate surface area is 173 Å². The van der Waals surface area contributed by atoms with Crippen LogP contribution in [-0.4, -0.2) is 51.9 Å². The van der Waals surface area contributed by atoms with Gasteiger partial charge in [0.15, 0.2) is 0 Å². The minimum Gasteiger partial charge on any atom is -0.343 e. The zero-order valence-corrected chi connectivity index (χ0v) is 17.9. The number of likely N-dealkylation sites (tertiary alicyclic amines) is 1. The van der Waals surface area contributed by atoms with Gasteiger partial charge in [0.25, 0.3) is 0 Å². The summed E-state index contributed by atoms with van der Waals surface area (Å²) in [5, 5.41) is 0. The summed E-state index contributed by atoms with van der Waals surface area (Å²) in [5.41, 5.74) is 3.88. The molecule has 1 amide bonds. The Morgan fingerprint density at radius 2 is 1.76 bits per heavy atom. The normalized spacial score (nSPS) is 16.9. The molecule has 0 aliphatic carbocycles. The summed E-state index contributed by atoms with van der Waals surface area (Å²) in [6, 6.07) is 6.71. The second-order valence-electron chi connectivity index (χ2n) is 7.82. The Bertz CT molecular complexity index is 825. The maximum atomic E-state index is 13.1. The molecule has 0 bridgehead atoms. The second kappa shape index (κ2) is 9.44. The fourth-order valence-electron chi connectivity index (χ4n) is 4.08. The minimum atomic E-state index is -0.202. The van der Waals surface area contributed by atoms with Gasteiger partial charge in [0, 0.05) is 49.0 Å². The van der Waals surface area contributed by atoms with Crippen LogP contribution in [0.5, 0.6) is 0 Å². The van der Waals surface area contributed by atoms with Crippen LogP contribution >= 0.6 is 0 Å². The van der Waals surface area contributed by atoms with E-state index >= 15 is 0 Å². The van der Waals surface area contributed by atoms with Crippen molar-refractivity contribution in [2.24, 2.45) is 0 Å². The molecule has 1 aliphatic rings. The molecule has 2 aromatic rings. The van der Waals surface area contributed by atoms with Gasteiger partial charge in [-0.1, -0.05) is 12.1 Å². The second-order valence-corrected chi connectivity index (χ2v) is 7.82. The molecule has 1 aromatic carbocycles. The summed E-state index contributed by atoms with van der Waals surface area (Å²) in [6.07, 6.45) is 1.37. The molecule has 1 atom stereocenters. The Morgan fingerprint density at radius 3 is 2.34 bits per heavy atom. The molecule has 1 aliphatic heterocycles. The van der Waals surface area contributed by atoms with Crippen LogP contribution in [0.2, 0.25) is 0 Å². The van der Waals surface area contributed by atoms with Gasteiger partial charge in [0.05, 0.1) is 6.42 Å². The Hall–Kier alpha value is -2.34. The molecule has 2 heterocycles. The first-order valence-corrected chi connectivity index (χ1v) is 10.5. The van der Waals surface area contributed by atoms with Crippen molar-refractivity contribution in [1.29, 1.82) is 0 Å². The highest BCUT2D eigenvalue weighted by Crippen LogP contribution is 2.27. The van der Waals surface area contributed by atoms with Crippen LogP contribution in [0.1, 0.15) is 54.5 Å². The first kappa shape index (κ1) is 21.4. The number of hydrogen-bond donors (Lipinski definition) is 0. The minimum absolute atomic E-state index is 0.129. The van der Waals surface area contributed by atoms with E-state index in [1.165, 1.54) is 12.1 Å². The van der Waals surface area contributed by atoms with E-state index < -0.39 is 0 Å². The fraction of sp³-hybridized carbons (Fsp3) is 0.522. The quantitative estimate of drug-likeness (QED) is 0.715. The highest BCUT2D eigenvalue weighted by Gasteiger charge is 2.27. The van der Waals surface area contributed by atoms with E-state index in [1.54, 1.807) is 0 Å². The number of nitrogens with zero attached hydrogens (tertiary/aromatic N) is 4. The van der Waals surface area contributed by atoms with E-state index in [-0.39, 0.29) is 11.7 Å². The molecule has 29 heavy (non-hydrogen) atoms. The summed E-state index contributed by atoms with van der Waals surface area (Å²) in [5.74, 6) is 1.09. The summed E-state index contributed by atoms with van der Waals surface area (Å²) in [7, 11) is 0. The van der Waals surface area contributed by atoms with Crippen LogP contribution < -0.4 is 0 Å². The number of carbonyl (C=O) groups is 1. The zero-order valence-electron chi connectivity index (χ0n) is 17.9. The SMILES string of the molecule is CCN(CC)C(=O)Cc1c(C)nc(C2CCN(Cc3ccc(F)cc3)C2)nc1C. The largest absolute Gasteiger partial charge is 0.343 e. The van der Waals surface area contributed by atoms with Crippen LogP contribution in [-0.2, 0) is 17.8 Å². The number of benzene rings is 1. The van der Waals surface area contributed by atoms with Gasteiger partial charge in [-0.3, -0.25) is 9.69 Å². The number of rotatable bonds is 7. The average molecular weight is 399 g/mol. The molecule has 1 aromatic heterocycles. The number of likely N-dealkylation sites (N-methyl/N-ethyl adjacent to an activating group) is 1. The Morgan fingerprint density at radius 1 is 1.14 bits per heavy atom. The van der Waals surface area contributed by atoms with Gasteiger partial charge in [0.1, 0.15) is 11.6 Å². The number of carbonyl (C=O) groups excluding carboxylic acids is 1. The predicted octanol–water partition coefficient (Wildman–Crippen LogP) is 3.63. The van der Waals surface area contributed by atoms with Gasteiger partial charge in [0.2, 0.25) is 5.91 Å². The number of halogens is 1. The lowest BCUT2D eigenvalue weighted by Gasteiger charge is -2.20. The maximum Gasteiger partial charge on any atom is 0.227 e. The standard InChI is InChI=1S/C23H31FN4O/c1-5-28(6-2)22(29)13-21-16(3)25-23(26-17(21)4)19-11-12-27(15-19)14-18-7-9-20(24)10-8-18/h7-10,19H,5-6,11-15H2,1-4H3. The Kier molecular flexibility index (Phi) is 6.96. The maximum absolute atomic E-state index is 13.1. The van der Waals surface area contributed by atoms with Gasteiger partial charge in [-0.2, -0.15) is 0 Å². The molecule has 1 unspecified atom stereocenters. The number of amides is 1. The van der Waals surface area contributed by atoms with Gasteiger partial charge in [-0.25, -0.2) is 14.4 Å². The molecule has 6 heteroatoms. The van der Waals surface area contributed by atoms with Crippen molar-refractivity contribution in [3.63, 3.8) is 0 Å². The lowest BCUT2D eigenvalue weighted by molar-refractivity contribution is -0.130. The van der Waals surface area contributed by atoms with E-state index in [0.29, 0.717) is 12.3 Å². The molecular weight excluding hydrogens is 367 g/mol. The van der Waals surface area contributed by atoms with Gasteiger partial charge < -0.3 is 4.90 Å². The molecule has 0 radical (unpaired) electrons. The van der Waals surface area contributed by atoms with E-state index in [9.17, 15) is 9.18 Å². The van der Waals surface area contributed by atoms with E-state index in [2.05, 4.69) is 4.90 Å². The summed E-state index contributed by atoms with van der Waals surface area (Å²) in [6.45, 7) is 12.1. The number of hydrogen-bond acceptors (Lipinski definition) is 4. The van der Waals surface area contributed by atoms with Gasteiger partial charge in [-0.05, 0) is 58.4 Å². The molecule has 1 saturated heterocycles. The van der Waals surface area contributed by atoms with Crippen LogP contribution in [0.25, 0.3) is 0 Å². The zero-order chi connectivity index (χ0) is 21.0. The molecule has 0 saturated carbocycles. The third-order valence-corrected chi connectivity index (χ3v) is 5.84. The van der Waals surface area contributed by atoms with Crippen LogP contribution in [0.3, 0.4) is 0 Å². The van der Waals surface area contributed by atoms with Crippen molar-refractivity contribution in [3.8, 4) is 0 Å². The number of aryl methyl sites for hydroxylation is 2. The first-order chi connectivity index (χ1) is 13.9. The van der Waals surface area contributed by atoms with Crippen molar-refractivity contribution >= 4 is 5.91 Å². The summed E-state index contributed by atoms with van der Waals surface area (Å²) in [4.78, 5) is 26.3. The van der Waals surface area contributed by atoms with Crippen molar-refractivity contribution < 1.29 is 9.18 Å². The third-order valence-electron chi connectivity index (χ3n) is 5.84. The monoisotopic (exact) mass is 398 g/mol. The topological polar surface area (TPSA) is 49.3 Å². The summed E-state index contributed by atoms with van der Waals surface area (Å²) < 4.78 is 13.1. The van der Waals surface area contributed by atoms with Gasteiger partial charge >= 0.3 is 0 Å². The molecule has 156 valence electrons. The first-order valence-electron chi connectivity index (χ1n) is 10.5. The Balaban J connectivity index is 1.67. The average Bonchev–Trinajstić information content (AvgIpc) is 3.16. The van der Waals surface area contributed by atoms with E-state index in [1.807, 2.05) is 44.7 Å².